The van der Waals surface area contributed by atoms with Crippen molar-refractivity contribution < 1.29 is 9.53 Å². The molecular formula is C13H20N2O2. The first kappa shape index (κ1) is 13.5. The predicted octanol–water partition coefficient (Wildman–Crippen LogP) is 0.915. The fourth-order valence-electron chi connectivity index (χ4n) is 1.54. The number of carbonyl (C=O) groups excluding carboxylic acids is 1. The van der Waals surface area contributed by atoms with E-state index >= 15 is 0 Å². The fourth-order valence-corrected chi connectivity index (χ4v) is 1.54. The summed E-state index contributed by atoms with van der Waals surface area (Å²) in [5.41, 5.74) is 1.17. The highest BCUT2D eigenvalue weighted by molar-refractivity contribution is 5.77. The van der Waals surface area contributed by atoms with Crippen molar-refractivity contribution in [2.24, 2.45) is 0 Å². The summed E-state index contributed by atoms with van der Waals surface area (Å²) >= 11 is 0. The molecule has 1 amide bonds. The molecular weight excluding hydrogens is 216 g/mol. The maximum atomic E-state index is 11.5. The standard InChI is InChI=1S/C13H20N2O2/c1-14-10-13(16)15(2)8-7-11-5-4-6-12(9-11)17-3/h4-6,9,14H,7-8,10H2,1-3H3. The molecule has 0 fully saturated rings. The van der Waals surface area contributed by atoms with Gasteiger partial charge < -0.3 is 15.0 Å². The van der Waals surface area contributed by atoms with Crippen molar-refractivity contribution in [2.75, 3.05) is 34.3 Å². The topological polar surface area (TPSA) is 41.6 Å². The Bertz CT molecular complexity index is 366. The summed E-state index contributed by atoms with van der Waals surface area (Å²) in [6.45, 7) is 1.10. The number of benzene rings is 1. The van der Waals surface area contributed by atoms with Crippen molar-refractivity contribution in [2.45, 2.75) is 6.42 Å². The summed E-state index contributed by atoms with van der Waals surface area (Å²) in [6, 6.07) is 7.91. The molecule has 1 rings (SSSR count). The van der Waals surface area contributed by atoms with Crippen LogP contribution in [0.1, 0.15) is 5.56 Å². The van der Waals surface area contributed by atoms with Gasteiger partial charge in [-0.15, -0.1) is 0 Å². The number of carbonyl (C=O) groups is 1. The van der Waals surface area contributed by atoms with Crippen LogP contribution < -0.4 is 10.1 Å². The Morgan fingerprint density at radius 3 is 2.88 bits per heavy atom. The van der Waals surface area contributed by atoms with Crippen molar-refractivity contribution >= 4 is 5.91 Å². The zero-order chi connectivity index (χ0) is 12.7. The van der Waals surface area contributed by atoms with Crippen LogP contribution in [0.25, 0.3) is 0 Å². The van der Waals surface area contributed by atoms with E-state index in [0.29, 0.717) is 13.1 Å². The molecule has 0 saturated heterocycles. The Morgan fingerprint density at radius 2 is 2.24 bits per heavy atom. The van der Waals surface area contributed by atoms with Crippen molar-refractivity contribution in [3.63, 3.8) is 0 Å². The van der Waals surface area contributed by atoms with E-state index < -0.39 is 0 Å². The van der Waals surface area contributed by atoms with Gasteiger partial charge in [-0.3, -0.25) is 4.79 Å². The van der Waals surface area contributed by atoms with Crippen LogP contribution in [0.15, 0.2) is 24.3 Å². The lowest BCUT2D eigenvalue weighted by Crippen LogP contribution is -2.35. The van der Waals surface area contributed by atoms with Crippen LogP contribution in [-0.4, -0.2) is 45.1 Å². The number of ether oxygens (including phenoxy) is 1. The Balaban J connectivity index is 2.46. The molecule has 4 nitrogen and oxygen atoms in total. The molecule has 0 radical (unpaired) electrons. The molecule has 1 aromatic rings. The molecule has 0 aliphatic heterocycles. The smallest absolute Gasteiger partial charge is 0.236 e. The Morgan fingerprint density at radius 1 is 1.47 bits per heavy atom. The molecule has 0 saturated carbocycles. The number of hydrogen-bond acceptors (Lipinski definition) is 3. The van der Waals surface area contributed by atoms with Crippen LogP contribution in [0.3, 0.4) is 0 Å². The largest absolute Gasteiger partial charge is 0.497 e. The second kappa shape index (κ2) is 6.91. The second-order valence-electron chi connectivity index (χ2n) is 3.95. The first-order valence-electron chi connectivity index (χ1n) is 5.69. The first-order valence-corrected chi connectivity index (χ1v) is 5.69. The number of rotatable bonds is 6. The monoisotopic (exact) mass is 236 g/mol. The van der Waals surface area contributed by atoms with E-state index in [1.807, 2.05) is 31.3 Å². The minimum Gasteiger partial charge on any atom is -0.497 e. The molecule has 4 heteroatoms. The summed E-state index contributed by atoms with van der Waals surface area (Å²) in [4.78, 5) is 13.3. The van der Waals surface area contributed by atoms with E-state index in [9.17, 15) is 4.79 Å². The zero-order valence-electron chi connectivity index (χ0n) is 10.7. The molecule has 0 aliphatic carbocycles. The fraction of sp³-hybridized carbons (Fsp3) is 0.462. The zero-order valence-corrected chi connectivity index (χ0v) is 10.7. The van der Waals surface area contributed by atoms with Crippen LogP contribution in [0.4, 0.5) is 0 Å². The first-order chi connectivity index (χ1) is 8.17. The van der Waals surface area contributed by atoms with Crippen LogP contribution >= 0.6 is 0 Å². The van der Waals surface area contributed by atoms with Crippen molar-refractivity contribution in [1.29, 1.82) is 0 Å². The Kier molecular flexibility index (Phi) is 5.49. The highest BCUT2D eigenvalue weighted by atomic mass is 16.5. The third-order valence-corrected chi connectivity index (χ3v) is 2.62. The van der Waals surface area contributed by atoms with Gasteiger partial charge in [0.15, 0.2) is 0 Å². The van der Waals surface area contributed by atoms with Gasteiger partial charge in [-0.1, -0.05) is 12.1 Å². The lowest BCUT2D eigenvalue weighted by atomic mass is 10.1. The molecule has 0 spiro atoms. The summed E-state index contributed by atoms with van der Waals surface area (Å²) < 4.78 is 5.16. The Hall–Kier alpha value is -1.55. The Labute approximate surface area is 103 Å². The SMILES string of the molecule is CNCC(=O)N(C)CCc1cccc(OC)c1. The molecule has 1 N–H and O–H groups in total. The summed E-state index contributed by atoms with van der Waals surface area (Å²) in [5.74, 6) is 0.960. The number of methoxy groups -OCH3 is 1. The molecule has 0 bridgehead atoms. The third-order valence-electron chi connectivity index (χ3n) is 2.62. The van der Waals surface area contributed by atoms with Crippen LogP contribution in [0, 0.1) is 0 Å². The van der Waals surface area contributed by atoms with Gasteiger partial charge in [0.25, 0.3) is 0 Å². The number of nitrogens with one attached hydrogen (secondary N) is 1. The summed E-state index contributed by atoms with van der Waals surface area (Å²) in [7, 11) is 5.25. The van der Waals surface area contributed by atoms with E-state index in [1.165, 1.54) is 5.56 Å². The summed E-state index contributed by atoms with van der Waals surface area (Å²) in [5, 5.41) is 2.85. The van der Waals surface area contributed by atoms with Crippen LogP contribution in [0.5, 0.6) is 5.75 Å². The van der Waals surface area contributed by atoms with Crippen LogP contribution in [-0.2, 0) is 11.2 Å². The van der Waals surface area contributed by atoms with E-state index in [2.05, 4.69) is 5.32 Å². The maximum Gasteiger partial charge on any atom is 0.236 e. The van der Waals surface area contributed by atoms with Gasteiger partial charge in [0.05, 0.1) is 13.7 Å². The highest BCUT2D eigenvalue weighted by Crippen LogP contribution is 2.13. The van der Waals surface area contributed by atoms with Crippen molar-refractivity contribution in [3.8, 4) is 5.75 Å². The van der Waals surface area contributed by atoms with E-state index in [1.54, 1.807) is 19.1 Å². The average molecular weight is 236 g/mol. The average Bonchev–Trinajstić information content (AvgIpc) is 2.36. The molecule has 0 unspecified atom stereocenters. The molecule has 17 heavy (non-hydrogen) atoms. The molecule has 0 heterocycles. The van der Waals surface area contributed by atoms with Gasteiger partial charge in [0.1, 0.15) is 5.75 Å². The minimum absolute atomic E-state index is 0.107. The number of nitrogens with zero attached hydrogens (tertiary/aromatic N) is 1. The third kappa shape index (κ3) is 4.44. The quantitative estimate of drug-likeness (QED) is 0.798. The number of amides is 1. The number of hydrogen-bond donors (Lipinski definition) is 1. The van der Waals surface area contributed by atoms with Gasteiger partial charge in [0.2, 0.25) is 5.91 Å². The lowest BCUT2D eigenvalue weighted by molar-refractivity contribution is -0.128. The highest BCUT2D eigenvalue weighted by Gasteiger charge is 2.07. The van der Waals surface area contributed by atoms with Crippen molar-refractivity contribution in [1.82, 2.24) is 10.2 Å². The van der Waals surface area contributed by atoms with Gasteiger partial charge in [-0.05, 0) is 31.2 Å². The van der Waals surface area contributed by atoms with E-state index in [-0.39, 0.29) is 5.91 Å². The van der Waals surface area contributed by atoms with Gasteiger partial charge >= 0.3 is 0 Å². The number of likely N-dealkylation sites (N-methyl/N-ethyl adjacent to an activating group) is 2. The normalized spacial score (nSPS) is 10.1. The lowest BCUT2D eigenvalue weighted by Gasteiger charge is -2.17. The molecule has 0 atom stereocenters. The molecule has 0 aliphatic rings. The van der Waals surface area contributed by atoms with Gasteiger partial charge in [-0.25, -0.2) is 0 Å². The second-order valence-corrected chi connectivity index (χ2v) is 3.95. The molecule has 94 valence electrons. The molecule has 1 aromatic carbocycles. The van der Waals surface area contributed by atoms with E-state index in [0.717, 1.165) is 12.2 Å². The van der Waals surface area contributed by atoms with Gasteiger partial charge in [-0.2, -0.15) is 0 Å². The summed E-state index contributed by atoms with van der Waals surface area (Å²) in [6.07, 6.45) is 0.836. The van der Waals surface area contributed by atoms with Crippen LogP contribution in [0.2, 0.25) is 0 Å². The molecule has 0 aromatic heterocycles. The minimum atomic E-state index is 0.107. The van der Waals surface area contributed by atoms with Crippen molar-refractivity contribution in [3.05, 3.63) is 29.8 Å². The van der Waals surface area contributed by atoms with E-state index in [4.69, 9.17) is 4.74 Å². The predicted molar refractivity (Wildman–Crippen MR) is 68.3 cm³/mol. The van der Waals surface area contributed by atoms with Gasteiger partial charge in [0, 0.05) is 13.6 Å². The maximum absolute atomic E-state index is 11.5.